The molecular weight excluding hydrogens is 340 g/mol. The monoisotopic (exact) mass is 352 g/mol. The van der Waals surface area contributed by atoms with Crippen molar-refractivity contribution in [3.63, 3.8) is 0 Å². The average molecular weight is 353 g/mol. The molecule has 0 unspecified atom stereocenters. The lowest BCUT2D eigenvalue weighted by molar-refractivity contribution is 0.0745. The third-order valence-corrected chi connectivity index (χ3v) is 4.71. The Balaban J connectivity index is 1.66. The van der Waals surface area contributed by atoms with Gasteiger partial charge in [0.25, 0.3) is 5.91 Å². The number of carbonyl (C=O) groups is 1. The van der Waals surface area contributed by atoms with Gasteiger partial charge in [-0.15, -0.1) is 11.3 Å². The smallest absolute Gasteiger partial charge is 0.256 e. The average Bonchev–Trinajstić information content (AvgIpc) is 3.01. The molecule has 0 spiro atoms. The normalized spacial score (nSPS) is 15.4. The molecule has 1 amide bonds. The summed E-state index contributed by atoms with van der Waals surface area (Å²) < 4.78 is 0.604. The van der Waals surface area contributed by atoms with Crippen LogP contribution in [0.15, 0.2) is 34.5 Å². The third-order valence-electron chi connectivity index (χ3n) is 3.25. The highest BCUT2D eigenvalue weighted by Crippen LogP contribution is 2.21. The molecule has 7 heteroatoms. The molecule has 0 atom stereocenters. The fourth-order valence-corrected chi connectivity index (χ4v) is 3.31. The zero-order valence-electron chi connectivity index (χ0n) is 10.7. The number of nitrogens with zero attached hydrogens (tertiary/aromatic N) is 4. The molecule has 3 heterocycles. The Hall–Kier alpha value is -1.47. The fraction of sp³-hybridized carbons (Fsp3) is 0.308. The van der Waals surface area contributed by atoms with Crippen LogP contribution in [0.5, 0.6) is 0 Å². The van der Waals surface area contributed by atoms with E-state index in [4.69, 9.17) is 0 Å². The van der Waals surface area contributed by atoms with Crippen LogP contribution in [-0.2, 0) is 0 Å². The van der Waals surface area contributed by atoms with Gasteiger partial charge in [-0.2, -0.15) is 0 Å². The van der Waals surface area contributed by atoms with Crippen LogP contribution >= 0.6 is 27.3 Å². The van der Waals surface area contributed by atoms with Crippen LogP contribution in [0.2, 0.25) is 0 Å². The number of carbonyl (C=O) groups excluding carboxylic acids is 1. The van der Waals surface area contributed by atoms with E-state index < -0.39 is 0 Å². The quantitative estimate of drug-likeness (QED) is 0.778. The van der Waals surface area contributed by atoms with Gasteiger partial charge in [0.2, 0.25) is 0 Å². The van der Waals surface area contributed by atoms with Crippen LogP contribution in [0, 0.1) is 0 Å². The molecule has 2 aromatic heterocycles. The number of halogens is 1. The van der Waals surface area contributed by atoms with Crippen molar-refractivity contribution in [3.8, 4) is 0 Å². The Morgan fingerprint density at radius 1 is 1.20 bits per heavy atom. The van der Waals surface area contributed by atoms with Crippen molar-refractivity contribution in [2.45, 2.75) is 0 Å². The Labute approximate surface area is 129 Å². The minimum absolute atomic E-state index is 0.0313. The van der Waals surface area contributed by atoms with E-state index in [0.717, 1.165) is 18.2 Å². The number of amides is 1. The van der Waals surface area contributed by atoms with Crippen molar-refractivity contribution >= 4 is 38.3 Å². The van der Waals surface area contributed by atoms with E-state index in [-0.39, 0.29) is 5.91 Å². The second-order valence-corrected chi connectivity index (χ2v) is 6.06. The molecule has 0 saturated carbocycles. The van der Waals surface area contributed by atoms with Crippen molar-refractivity contribution in [3.05, 3.63) is 40.1 Å². The highest BCUT2D eigenvalue weighted by atomic mass is 79.9. The molecule has 2 aromatic rings. The molecular formula is C13H13BrN4OS. The van der Waals surface area contributed by atoms with Gasteiger partial charge >= 0.3 is 0 Å². The maximum atomic E-state index is 12.4. The standard InChI is InChI=1S/C13H13BrN4OS/c14-11-10(2-1-3-15-11)12(19)17-5-7-18(8-6-17)13-16-4-9-20-13/h1-4,9H,5-8H2. The predicted molar refractivity (Wildman–Crippen MR) is 82.2 cm³/mol. The topological polar surface area (TPSA) is 49.3 Å². The number of anilines is 1. The molecule has 3 rings (SSSR count). The predicted octanol–water partition coefficient (Wildman–Crippen LogP) is 2.26. The Morgan fingerprint density at radius 2 is 2.00 bits per heavy atom. The first-order chi connectivity index (χ1) is 9.75. The van der Waals surface area contributed by atoms with Crippen LogP contribution in [0.4, 0.5) is 5.13 Å². The highest BCUT2D eigenvalue weighted by molar-refractivity contribution is 9.10. The molecule has 1 aliphatic rings. The molecule has 0 N–H and O–H groups in total. The summed E-state index contributed by atoms with van der Waals surface area (Å²) in [6, 6.07) is 3.58. The van der Waals surface area contributed by atoms with Crippen LogP contribution in [-0.4, -0.2) is 47.0 Å². The highest BCUT2D eigenvalue weighted by Gasteiger charge is 2.24. The summed E-state index contributed by atoms with van der Waals surface area (Å²) in [4.78, 5) is 24.9. The van der Waals surface area contributed by atoms with Crippen LogP contribution in [0.25, 0.3) is 0 Å². The van der Waals surface area contributed by atoms with Gasteiger partial charge in [0, 0.05) is 44.0 Å². The summed E-state index contributed by atoms with van der Waals surface area (Å²) in [7, 11) is 0. The summed E-state index contributed by atoms with van der Waals surface area (Å²) in [5, 5.41) is 3.00. The second kappa shape index (κ2) is 5.88. The number of hydrogen-bond donors (Lipinski definition) is 0. The van der Waals surface area contributed by atoms with E-state index >= 15 is 0 Å². The zero-order valence-corrected chi connectivity index (χ0v) is 13.1. The Bertz CT molecular complexity index is 596. The first kappa shape index (κ1) is 13.5. The third kappa shape index (κ3) is 2.69. The minimum atomic E-state index is 0.0313. The number of thiazole rings is 1. The molecule has 20 heavy (non-hydrogen) atoms. The van der Waals surface area contributed by atoms with Crippen LogP contribution in [0.3, 0.4) is 0 Å². The van der Waals surface area contributed by atoms with Crippen molar-refractivity contribution in [2.24, 2.45) is 0 Å². The lowest BCUT2D eigenvalue weighted by atomic mass is 10.2. The molecule has 1 saturated heterocycles. The SMILES string of the molecule is O=C(c1cccnc1Br)N1CCN(c2nccs2)CC1. The molecule has 5 nitrogen and oxygen atoms in total. The van der Waals surface area contributed by atoms with E-state index in [9.17, 15) is 4.79 Å². The van der Waals surface area contributed by atoms with Crippen LogP contribution in [0.1, 0.15) is 10.4 Å². The van der Waals surface area contributed by atoms with Crippen molar-refractivity contribution in [1.82, 2.24) is 14.9 Å². The maximum Gasteiger partial charge on any atom is 0.256 e. The van der Waals surface area contributed by atoms with E-state index in [2.05, 4.69) is 30.8 Å². The summed E-state index contributed by atoms with van der Waals surface area (Å²) in [6.45, 7) is 3.05. The van der Waals surface area contributed by atoms with E-state index in [1.54, 1.807) is 29.7 Å². The van der Waals surface area contributed by atoms with E-state index in [1.165, 1.54) is 0 Å². The number of hydrogen-bond acceptors (Lipinski definition) is 5. The molecule has 0 aromatic carbocycles. The molecule has 1 aliphatic heterocycles. The lowest BCUT2D eigenvalue weighted by Gasteiger charge is -2.34. The fourth-order valence-electron chi connectivity index (χ4n) is 2.19. The number of rotatable bonds is 2. The molecule has 1 fully saturated rings. The van der Waals surface area contributed by atoms with Gasteiger partial charge in [-0.05, 0) is 28.1 Å². The number of aromatic nitrogens is 2. The van der Waals surface area contributed by atoms with Gasteiger partial charge in [0.05, 0.1) is 5.56 Å². The van der Waals surface area contributed by atoms with Crippen molar-refractivity contribution in [2.75, 3.05) is 31.1 Å². The summed E-state index contributed by atoms with van der Waals surface area (Å²) in [6.07, 6.45) is 3.48. The first-order valence-electron chi connectivity index (χ1n) is 6.30. The number of piperazine rings is 1. The van der Waals surface area contributed by atoms with Crippen molar-refractivity contribution in [1.29, 1.82) is 0 Å². The number of pyridine rings is 1. The summed E-state index contributed by atoms with van der Waals surface area (Å²) >= 11 is 4.96. The van der Waals surface area contributed by atoms with Gasteiger partial charge in [-0.3, -0.25) is 4.79 Å². The summed E-state index contributed by atoms with van der Waals surface area (Å²) in [5.74, 6) is 0.0313. The van der Waals surface area contributed by atoms with Gasteiger partial charge in [-0.25, -0.2) is 9.97 Å². The first-order valence-corrected chi connectivity index (χ1v) is 7.97. The molecule has 0 radical (unpaired) electrons. The van der Waals surface area contributed by atoms with Gasteiger partial charge < -0.3 is 9.80 Å². The molecule has 0 aliphatic carbocycles. The lowest BCUT2D eigenvalue weighted by Crippen LogP contribution is -2.48. The zero-order chi connectivity index (χ0) is 13.9. The molecule has 0 bridgehead atoms. The Kier molecular flexibility index (Phi) is 3.98. The van der Waals surface area contributed by atoms with Gasteiger partial charge in [0.15, 0.2) is 5.13 Å². The molecule has 104 valence electrons. The summed E-state index contributed by atoms with van der Waals surface area (Å²) in [5.41, 5.74) is 0.621. The minimum Gasteiger partial charge on any atom is -0.345 e. The van der Waals surface area contributed by atoms with Gasteiger partial charge in [0.1, 0.15) is 4.60 Å². The Morgan fingerprint density at radius 3 is 2.65 bits per heavy atom. The van der Waals surface area contributed by atoms with Crippen LogP contribution < -0.4 is 4.90 Å². The van der Waals surface area contributed by atoms with Crippen molar-refractivity contribution < 1.29 is 4.79 Å². The van der Waals surface area contributed by atoms with E-state index in [1.807, 2.05) is 16.5 Å². The second-order valence-electron chi connectivity index (χ2n) is 4.44. The largest absolute Gasteiger partial charge is 0.345 e. The maximum absolute atomic E-state index is 12.4. The van der Waals surface area contributed by atoms with E-state index in [0.29, 0.717) is 23.3 Å². The van der Waals surface area contributed by atoms with Gasteiger partial charge in [-0.1, -0.05) is 0 Å².